The zero-order valence-electron chi connectivity index (χ0n) is 17.2. The van der Waals surface area contributed by atoms with E-state index in [0.717, 1.165) is 35.2 Å². The maximum atomic E-state index is 13.3. The molecule has 0 aromatic heterocycles. The molecule has 0 spiro atoms. The van der Waals surface area contributed by atoms with Crippen LogP contribution in [-0.2, 0) is 14.8 Å². The molecule has 28 heavy (non-hydrogen) atoms. The molecule has 1 aromatic rings. The van der Waals surface area contributed by atoms with Crippen LogP contribution in [0.2, 0.25) is 0 Å². The molecule has 2 saturated heterocycles. The molecule has 0 saturated carbocycles. The minimum absolute atomic E-state index is 0. The highest BCUT2D eigenvalue weighted by atomic mass is 35.5. The topological polar surface area (TPSA) is 83.7 Å². The summed E-state index contributed by atoms with van der Waals surface area (Å²) in [6.45, 7) is 9.79. The van der Waals surface area contributed by atoms with Crippen LogP contribution in [0.15, 0.2) is 11.0 Å². The van der Waals surface area contributed by atoms with Crippen LogP contribution < -0.4 is 5.73 Å². The van der Waals surface area contributed by atoms with Crippen LogP contribution in [0.3, 0.4) is 0 Å². The number of aryl methyl sites for hydroxylation is 2. The number of hydrogen-bond acceptors (Lipinski definition) is 4. The van der Waals surface area contributed by atoms with Crippen LogP contribution in [0, 0.1) is 33.6 Å². The first kappa shape index (κ1) is 23.1. The van der Waals surface area contributed by atoms with E-state index in [9.17, 15) is 13.2 Å². The molecule has 0 unspecified atom stereocenters. The number of carbonyl (C=O) groups is 1. The van der Waals surface area contributed by atoms with Crippen LogP contribution in [0.1, 0.15) is 41.5 Å². The Morgan fingerprint density at radius 2 is 1.54 bits per heavy atom. The molecule has 1 atom stereocenters. The first-order valence-electron chi connectivity index (χ1n) is 9.75. The number of nitrogens with zero attached hydrogens (tertiary/aromatic N) is 2. The van der Waals surface area contributed by atoms with Crippen molar-refractivity contribution < 1.29 is 13.2 Å². The molecular weight excluding hydrogens is 398 g/mol. The van der Waals surface area contributed by atoms with Gasteiger partial charge >= 0.3 is 0 Å². The predicted octanol–water partition coefficient (Wildman–Crippen LogP) is 2.30. The van der Waals surface area contributed by atoms with E-state index in [1.54, 1.807) is 4.31 Å². The lowest BCUT2D eigenvalue weighted by Crippen LogP contribution is -2.44. The SMILES string of the molecule is Cc1cc(C)c(C)c(S(=O)(=O)N2CCC(C(=O)N3CC[C@@H](N)C3)CC2)c1C.Cl. The molecular formula is C20H32ClN3O3S. The summed E-state index contributed by atoms with van der Waals surface area (Å²) in [5, 5.41) is 0. The first-order chi connectivity index (χ1) is 12.6. The molecule has 0 radical (unpaired) electrons. The average molecular weight is 430 g/mol. The lowest BCUT2D eigenvalue weighted by Gasteiger charge is -2.33. The van der Waals surface area contributed by atoms with Gasteiger partial charge in [0, 0.05) is 38.1 Å². The summed E-state index contributed by atoms with van der Waals surface area (Å²) < 4.78 is 28.2. The number of hydrogen-bond donors (Lipinski definition) is 1. The van der Waals surface area contributed by atoms with Gasteiger partial charge in [-0.1, -0.05) is 6.07 Å². The Hall–Kier alpha value is -1.15. The second-order valence-corrected chi connectivity index (χ2v) is 9.98. The summed E-state index contributed by atoms with van der Waals surface area (Å²) in [6, 6.07) is 2.11. The van der Waals surface area contributed by atoms with Gasteiger partial charge in [-0.2, -0.15) is 4.31 Å². The highest BCUT2D eigenvalue weighted by Crippen LogP contribution is 2.31. The van der Waals surface area contributed by atoms with Gasteiger partial charge in [0.1, 0.15) is 0 Å². The number of halogens is 1. The fourth-order valence-electron chi connectivity index (χ4n) is 4.29. The van der Waals surface area contributed by atoms with Crippen molar-refractivity contribution in [3.63, 3.8) is 0 Å². The molecule has 0 bridgehead atoms. The Bertz CT molecular complexity index is 822. The van der Waals surface area contributed by atoms with Crippen molar-refractivity contribution in [2.24, 2.45) is 11.7 Å². The second-order valence-electron chi connectivity index (χ2n) is 8.10. The quantitative estimate of drug-likeness (QED) is 0.798. The molecule has 158 valence electrons. The number of benzene rings is 1. The highest BCUT2D eigenvalue weighted by molar-refractivity contribution is 7.89. The van der Waals surface area contributed by atoms with Crippen molar-refractivity contribution in [2.75, 3.05) is 26.2 Å². The van der Waals surface area contributed by atoms with Crippen molar-refractivity contribution in [1.29, 1.82) is 0 Å². The summed E-state index contributed by atoms with van der Waals surface area (Å²) in [6.07, 6.45) is 2.00. The van der Waals surface area contributed by atoms with Gasteiger partial charge in [-0.15, -0.1) is 12.4 Å². The van der Waals surface area contributed by atoms with E-state index in [0.29, 0.717) is 37.4 Å². The van der Waals surface area contributed by atoms with Crippen LogP contribution in [0.4, 0.5) is 0 Å². The van der Waals surface area contributed by atoms with E-state index in [-0.39, 0.29) is 30.3 Å². The molecule has 1 aromatic carbocycles. The Labute approximate surface area is 174 Å². The minimum Gasteiger partial charge on any atom is -0.341 e. The smallest absolute Gasteiger partial charge is 0.243 e. The third kappa shape index (κ3) is 4.22. The molecule has 6 nitrogen and oxygen atoms in total. The van der Waals surface area contributed by atoms with E-state index < -0.39 is 10.0 Å². The van der Waals surface area contributed by atoms with Crippen LogP contribution in [0.5, 0.6) is 0 Å². The van der Waals surface area contributed by atoms with Crippen LogP contribution in [-0.4, -0.2) is 55.8 Å². The van der Waals surface area contributed by atoms with Gasteiger partial charge in [-0.05, 0) is 69.2 Å². The zero-order chi connectivity index (χ0) is 19.9. The average Bonchev–Trinajstić information content (AvgIpc) is 3.06. The summed E-state index contributed by atoms with van der Waals surface area (Å²) in [4.78, 5) is 15.0. The number of piperidine rings is 1. The molecule has 2 aliphatic rings. The summed E-state index contributed by atoms with van der Waals surface area (Å²) in [5.41, 5.74) is 9.54. The number of likely N-dealkylation sites (tertiary alicyclic amines) is 1. The molecule has 2 N–H and O–H groups in total. The molecule has 2 fully saturated rings. The molecule has 2 aliphatic heterocycles. The zero-order valence-corrected chi connectivity index (χ0v) is 18.8. The maximum absolute atomic E-state index is 13.3. The lowest BCUT2D eigenvalue weighted by atomic mass is 9.96. The van der Waals surface area contributed by atoms with Crippen molar-refractivity contribution in [3.8, 4) is 0 Å². The summed E-state index contributed by atoms with van der Waals surface area (Å²) in [5.74, 6) is 0.0435. The third-order valence-corrected chi connectivity index (χ3v) is 8.41. The number of carbonyl (C=O) groups excluding carboxylic acids is 1. The van der Waals surface area contributed by atoms with Gasteiger partial charge in [-0.25, -0.2) is 8.42 Å². The second kappa shape index (κ2) is 8.69. The van der Waals surface area contributed by atoms with Crippen molar-refractivity contribution >= 4 is 28.3 Å². The predicted molar refractivity (Wildman–Crippen MR) is 113 cm³/mol. The van der Waals surface area contributed by atoms with Gasteiger partial charge in [0.15, 0.2) is 0 Å². The third-order valence-electron chi connectivity index (χ3n) is 6.23. The van der Waals surface area contributed by atoms with Gasteiger partial charge in [0.2, 0.25) is 15.9 Å². The molecule has 8 heteroatoms. The van der Waals surface area contributed by atoms with Crippen molar-refractivity contribution in [3.05, 3.63) is 28.3 Å². The summed E-state index contributed by atoms with van der Waals surface area (Å²) >= 11 is 0. The monoisotopic (exact) mass is 429 g/mol. The van der Waals surface area contributed by atoms with E-state index in [1.165, 1.54) is 0 Å². The number of amides is 1. The Morgan fingerprint density at radius 3 is 2.00 bits per heavy atom. The molecule has 2 heterocycles. The number of nitrogens with two attached hydrogens (primary N) is 1. The number of sulfonamides is 1. The highest BCUT2D eigenvalue weighted by Gasteiger charge is 2.36. The van der Waals surface area contributed by atoms with Crippen molar-refractivity contribution in [1.82, 2.24) is 9.21 Å². The Balaban J connectivity index is 0.00000280. The number of rotatable bonds is 3. The summed E-state index contributed by atoms with van der Waals surface area (Å²) in [7, 11) is -3.56. The molecule has 0 aliphatic carbocycles. The fourth-order valence-corrected chi connectivity index (χ4v) is 6.33. The van der Waals surface area contributed by atoms with Crippen LogP contribution >= 0.6 is 12.4 Å². The van der Waals surface area contributed by atoms with Gasteiger partial charge < -0.3 is 10.6 Å². The largest absolute Gasteiger partial charge is 0.341 e. The Kier molecular flexibility index (Phi) is 7.18. The van der Waals surface area contributed by atoms with E-state index >= 15 is 0 Å². The molecule has 1 amide bonds. The Morgan fingerprint density at radius 1 is 1.00 bits per heavy atom. The standard InChI is InChI=1S/C20H31N3O3S.ClH/c1-13-11-14(2)16(4)19(15(13)3)27(25,26)23-9-5-17(6-10-23)20(24)22-8-7-18(21)12-22;/h11,17-18H,5-10,12,21H2,1-4H3;1H/t18-;/m1./s1. The first-order valence-corrected chi connectivity index (χ1v) is 11.2. The van der Waals surface area contributed by atoms with Gasteiger partial charge in [0.25, 0.3) is 0 Å². The van der Waals surface area contributed by atoms with E-state index in [1.807, 2.05) is 38.7 Å². The minimum atomic E-state index is -3.56. The molecule has 3 rings (SSSR count). The van der Waals surface area contributed by atoms with Gasteiger partial charge in [-0.3, -0.25) is 4.79 Å². The lowest BCUT2D eigenvalue weighted by molar-refractivity contribution is -0.135. The van der Waals surface area contributed by atoms with E-state index in [2.05, 4.69) is 0 Å². The van der Waals surface area contributed by atoms with Gasteiger partial charge in [0.05, 0.1) is 4.90 Å². The van der Waals surface area contributed by atoms with Crippen molar-refractivity contribution in [2.45, 2.75) is 57.9 Å². The normalized spacial score (nSPS) is 21.6. The maximum Gasteiger partial charge on any atom is 0.243 e. The fraction of sp³-hybridized carbons (Fsp3) is 0.650. The van der Waals surface area contributed by atoms with E-state index in [4.69, 9.17) is 5.73 Å². The van der Waals surface area contributed by atoms with Crippen LogP contribution in [0.25, 0.3) is 0 Å².